The number of anilines is 1. The number of nitrogens with one attached hydrogen (secondary N) is 1. The molecule has 1 aromatic carbocycles. The third-order valence-electron chi connectivity index (χ3n) is 3.57. The molecule has 1 fully saturated rings. The Kier molecular flexibility index (Phi) is 1.55. The minimum atomic E-state index is 0.509. The van der Waals surface area contributed by atoms with Crippen molar-refractivity contribution >= 4 is 5.69 Å². The molecule has 0 atom stereocenters. The van der Waals surface area contributed by atoms with Crippen molar-refractivity contribution in [1.82, 2.24) is 0 Å². The zero-order valence-electron chi connectivity index (χ0n) is 8.47. The van der Waals surface area contributed by atoms with Crippen LogP contribution in [0.2, 0.25) is 0 Å². The van der Waals surface area contributed by atoms with E-state index in [-0.39, 0.29) is 0 Å². The lowest BCUT2D eigenvalue weighted by atomic mass is 9.88. The van der Waals surface area contributed by atoms with Crippen LogP contribution < -0.4 is 10.1 Å². The fourth-order valence-electron chi connectivity index (χ4n) is 2.48. The Morgan fingerprint density at radius 2 is 2.14 bits per heavy atom. The second-order valence-corrected chi connectivity index (χ2v) is 4.37. The summed E-state index contributed by atoms with van der Waals surface area (Å²) in [5.41, 5.74) is 3.30. The predicted molar refractivity (Wildman–Crippen MR) is 57.0 cm³/mol. The summed E-state index contributed by atoms with van der Waals surface area (Å²) in [6.45, 7) is 1.12. The highest BCUT2D eigenvalue weighted by Crippen LogP contribution is 2.55. The Labute approximate surface area is 84.3 Å². The molecule has 1 N–H and O–H groups in total. The van der Waals surface area contributed by atoms with Crippen LogP contribution in [0.3, 0.4) is 0 Å². The first-order valence-electron chi connectivity index (χ1n) is 5.26. The van der Waals surface area contributed by atoms with Crippen molar-refractivity contribution in [2.45, 2.75) is 24.7 Å². The van der Waals surface area contributed by atoms with E-state index >= 15 is 0 Å². The molecule has 0 amide bonds. The average molecular weight is 189 g/mol. The molecule has 1 aromatic rings. The van der Waals surface area contributed by atoms with Crippen molar-refractivity contribution in [2.75, 3.05) is 19.0 Å². The van der Waals surface area contributed by atoms with E-state index in [2.05, 4.69) is 17.4 Å². The van der Waals surface area contributed by atoms with E-state index in [0.29, 0.717) is 5.41 Å². The van der Waals surface area contributed by atoms with Gasteiger partial charge in [-0.05, 0) is 48.4 Å². The van der Waals surface area contributed by atoms with E-state index in [9.17, 15) is 0 Å². The Balaban J connectivity index is 2.10. The first-order valence-corrected chi connectivity index (χ1v) is 5.26. The van der Waals surface area contributed by atoms with Crippen LogP contribution in [0.15, 0.2) is 18.2 Å². The Morgan fingerprint density at radius 1 is 1.29 bits per heavy atom. The number of benzene rings is 1. The summed E-state index contributed by atoms with van der Waals surface area (Å²) in [5.74, 6) is 0.985. The monoisotopic (exact) mass is 189 g/mol. The van der Waals surface area contributed by atoms with Gasteiger partial charge in [-0.25, -0.2) is 0 Å². The lowest BCUT2D eigenvalue weighted by Crippen LogP contribution is -2.21. The highest BCUT2D eigenvalue weighted by molar-refractivity contribution is 5.61. The third kappa shape index (κ3) is 1.03. The van der Waals surface area contributed by atoms with Crippen LogP contribution in [0.5, 0.6) is 5.75 Å². The largest absolute Gasteiger partial charge is 0.497 e. The van der Waals surface area contributed by atoms with Gasteiger partial charge in [0.05, 0.1) is 7.11 Å². The maximum Gasteiger partial charge on any atom is 0.119 e. The zero-order valence-corrected chi connectivity index (χ0v) is 8.47. The van der Waals surface area contributed by atoms with Gasteiger partial charge in [0.25, 0.3) is 0 Å². The van der Waals surface area contributed by atoms with Crippen molar-refractivity contribution in [3.63, 3.8) is 0 Å². The van der Waals surface area contributed by atoms with Crippen molar-refractivity contribution in [2.24, 2.45) is 0 Å². The summed E-state index contributed by atoms with van der Waals surface area (Å²) in [6.07, 6.45) is 4.00. The summed E-state index contributed by atoms with van der Waals surface area (Å²) < 4.78 is 5.27. The van der Waals surface area contributed by atoms with Gasteiger partial charge in [-0.3, -0.25) is 0 Å². The first kappa shape index (κ1) is 8.16. The zero-order chi connectivity index (χ0) is 9.60. The van der Waals surface area contributed by atoms with Crippen LogP contribution in [0.1, 0.15) is 24.8 Å². The van der Waals surface area contributed by atoms with Crippen molar-refractivity contribution in [3.05, 3.63) is 23.8 Å². The number of hydrogen-bond acceptors (Lipinski definition) is 2. The maximum atomic E-state index is 5.27. The van der Waals surface area contributed by atoms with E-state index < -0.39 is 0 Å². The van der Waals surface area contributed by atoms with Gasteiger partial charge in [-0.1, -0.05) is 0 Å². The van der Waals surface area contributed by atoms with Crippen LogP contribution in [-0.2, 0) is 5.41 Å². The van der Waals surface area contributed by atoms with E-state index in [1.165, 1.54) is 30.5 Å². The molecule has 2 nitrogen and oxygen atoms in total. The molecular weight excluding hydrogens is 174 g/mol. The fourth-order valence-corrected chi connectivity index (χ4v) is 2.48. The molecule has 1 heterocycles. The quantitative estimate of drug-likeness (QED) is 0.733. The minimum Gasteiger partial charge on any atom is -0.497 e. The lowest BCUT2D eigenvalue weighted by Gasteiger charge is -2.26. The van der Waals surface area contributed by atoms with Gasteiger partial charge in [0.15, 0.2) is 0 Å². The number of fused-ring (bicyclic) bond motifs is 2. The smallest absolute Gasteiger partial charge is 0.119 e. The van der Waals surface area contributed by atoms with Gasteiger partial charge in [-0.2, -0.15) is 0 Å². The molecule has 14 heavy (non-hydrogen) atoms. The first-order chi connectivity index (χ1) is 6.84. The molecule has 0 saturated heterocycles. The predicted octanol–water partition coefficient (Wildman–Crippen LogP) is 2.54. The van der Waals surface area contributed by atoms with Gasteiger partial charge >= 0.3 is 0 Å². The highest BCUT2D eigenvalue weighted by atomic mass is 16.5. The summed E-state index contributed by atoms with van der Waals surface area (Å²) >= 11 is 0. The van der Waals surface area contributed by atoms with Crippen molar-refractivity contribution < 1.29 is 4.74 Å². The van der Waals surface area contributed by atoms with E-state index in [1.54, 1.807) is 7.11 Å². The van der Waals surface area contributed by atoms with Gasteiger partial charge in [-0.15, -0.1) is 0 Å². The van der Waals surface area contributed by atoms with Crippen LogP contribution in [0.25, 0.3) is 0 Å². The van der Waals surface area contributed by atoms with Crippen LogP contribution in [0, 0.1) is 0 Å². The second kappa shape index (κ2) is 2.66. The number of hydrogen-bond donors (Lipinski definition) is 1. The molecule has 0 radical (unpaired) electrons. The van der Waals surface area contributed by atoms with Crippen molar-refractivity contribution in [1.29, 1.82) is 0 Å². The minimum absolute atomic E-state index is 0.509. The molecule has 1 saturated carbocycles. The molecule has 1 spiro atoms. The van der Waals surface area contributed by atoms with E-state index in [0.717, 1.165) is 12.3 Å². The fraction of sp³-hybridized carbons (Fsp3) is 0.500. The van der Waals surface area contributed by atoms with Crippen molar-refractivity contribution in [3.8, 4) is 5.75 Å². The summed E-state index contributed by atoms with van der Waals surface area (Å²) in [4.78, 5) is 0. The number of rotatable bonds is 1. The molecule has 0 unspecified atom stereocenters. The molecule has 74 valence electrons. The third-order valence-corrected chi connectivity index (χ3v) is 3.57. The molecule has 0 aromatic heterocycles. The normalized spacial score (nSPS) is 21.2. The standard InChI is InChI=1S/C12H15NO/c1-14-9-2-3-11-10(8-9)12(4-5-12)6-7-13-11/h2-3,8,13H,4-7H2,1H3. The molecule has 1 aliphatic carbocycles. The molecule has 2 aliphatic rings. The topological polar surface area (TPSA) is 21.3 Å². The van der Waals surface area contributed by atoms with Crippen LogP contribution in [-0.4, -0.2) is 13.7 Å². The Hall–Kier alpha value is -1.18. The maximum absolute atomic E-state index is 5.27. The molecule has 2 heteroatoms. The second-order valence-electron chi connectivity index (χ2n) is 4.37. The van der Waals surface area contributed by atoms with E-state index in [4.69, 9.17) is 4.74 Å². The Morgan fingerprint density at radius 3 is 2.86 bits per heavy atom. The molecule has 1 aliphatic heterocycles. The number of ether oxygens (including phenoxy) is 1. The summed E-state index contributed by atoms with van der Waals surface area (Å²) in [6, 6.07) is 6.38. The Bertz CT molecular complexity index is 369. The van der Waals surface area contributed by atoms with Gasteiger partial charge in [0.2, 0.25) is 0 Å². The van der Waals surface area contributed by atoms with Gasteiger partial charge in [0, 0.05) is 12.2 Å². The average Bonchev–Trinajstić information content (AvgIpc) is 2.99. The molecule has 0 bridgehead atoms. The van der Waals surface area contributed by atoms with Gasteiger partial charge in [0.1, 0.15) is 5.75 Å². The summed E-state index contributed by atoms with van der Waals surface area (Å²) in [5, 5.41) is 3.45. The lowest BCUT2D eigenvalue weighted by molar-refractivity contribution is 0.413. The van der Waals surface area contributed by atoms with Gasteiger partial charge < -0.3 is 10.1 Å². The summed E-state index contributed by atoms with van der Waals surface area (Å²) in [7, 11) is 1.73. The molecular formula is C12H15NO. The van der Waals surface area contributed by atoms with Crippen LogP contribution in [0.4, 0.5) is 5.69 Å². The highest BCUT2D eigenvalue weighted by Gasteiger charge is 2.46. The van der Waals surface area contributed by atoms with E-state index in [1.807, 2.05) is 6.07 Å². The SMILES string of the molecule is COc1ccc2c(c1)C1(CCN2)CC1. The van der Waals surface area contributed by atoms with Crippen LogP contribution >= 0.6 is 0 Å². The molecule has 3 rings (SSSR count). The number of methoxy groups -OCH3 is 1.